The van der Waals surface area contributed by atoms with Gasteiger partial charge < -0.3 is 14.3 Å². The van der Waals surface area contributed by atoms with Gasteiger partial charge in [-0.15, -0.1) is 0 Å². The minimum atomic E-state index is -0.812. The van der Waals surface area contributed by atoms with E-state index in [1.165, 1.54) is 12.1 Å². The molecule has 0 unspecified atom stereocenters. The monoisotopic (exact) mass is 334 g/mol. The SMILES string of the molecule is CCOC(=O)c1cc2cc(C#Cc3ccccc3)c(O)cc2oc1=O. The van der Waals surface area contributed by atoms with E-state index in [9.17, 15) is 14.7 Å². The predicted molar refractivity (Wildman–Crippen MR) is 92.5 cm³/mol. The molecular formula is C20H14O5. The first-order valence-electron chi connectivity index (χ1n) is 7.63. The van der Waals surface area contributed by atoms with Crippen molar-refractivity contribution in [2.75, 3.05) is 6.61 Å². The highest BCUT2D eigenvalue weighted by Crippen LogP contribution is 2.24. The summed E-state index contributed by atoms with van der Waals surface area (Å²) in [6.45, 7) is 1.80. The molecule has 1 heterocycles. The van der Waals surface area contributed by atoms with E-state index < -0.39 is 11.6 Å². The van der Waals surface area contributed by atoms with Crippen LogP contribution in [0.25, 0.3) is 11.0 Å². The Balaban J connectivity index is 2.08. The van der Waals surface area contributed by atoms with Crippen molar-refractivity contribution in [3.8, 4) is 17.6 Å². The number of aromatic hydroxyl groups is 1. The van der Waals surface area contributed by atoms with Gasteiger partial charge in [0.05, 0.1) is 12.2 Å². The van der Waals surface area contributed by atoms with Crippen LogP contribution in [0.15, 0.2) is 57.7 Å². The van der Waals surface area contributed by atoms with Gasteiger partial charge in [-0.2, -0.15) is 0 Å². The van der Waals surface area contributed by atoms with E-state index in [1.54, 1.807) is 13.0 Å². The largest absolute Gasteiger partial charge is 0.507 e. The van der Waals surface area contributed by atoms with Crippen molar-refractivity contribution in [2.45, 2.75) is 6.92 Å². The third-order valence-electron chi connectivity index (χ3n) is 3.46. The van der Waals surface area contributed by atoms with Crippen molar-refractivity contribution in [1.82, 2.24) is 0 Å². The van der Waals surface area contributed by atoms with Crippen molar-refractivity contribution in [3.63, 3.8) is 0 Å². The van der Waals surface area contributed by atoms with E-state index in [0.29, 0.717) is 10.9 Å². The molecule has 5 nitrogen and oxygen atoms in total. The minimum absolute atomic E-state index is 0.108. The molecule has 0 saturated heterocycles. The first kappa shape index (κ1) is 16.3. The summed E-state index contributed by atoms with van der Waals surface area (Å²) in [5.74, 6) is 4.96. The number of carbonyl (C=O) groups is 1. The maximum absolute atomic E-state index is 11.9. The number of rotatable bonds is 2. The Bertz CT molecular complexity index is 1050. The smallest absolute Gasteiger partial charge is 0.351 e. The second-order valence-electron chi connectivity index (χ2n) is 5.19. The number of ether oxygens (including phenoxy) is 1. The lowest BCUT2D eigenvalue weighted by atomic mass is 10.1. The predicted octanol–water partition coefficient (Wildman–Crippen LogP) is 3.08. The van der Waals surface area contributed by atoms with Crippen LogP contribution >= 0.6 is 0 Å². The molecule has 0 radical (unpaired) electrons. The van der Waals surface area contributed by atoms with Crippen LogP contribution in [-0.2, 0) is 4.74 Å². The Labute approximate surface area is 143 Å². The molecule has 5 heteroatoms. The first-order valence-corrected chi connectivity index (χ1v) is 7.63. The molecule has 0 aliphatic heterocycles. The number of phenolic OH excluding ortho intramolecular Hbond substituents is 1. The van der Waals surface area contributed by atoms with Crippen molar-refractivity contribution >= 4 is 16.9 Å². The summed E-state index contributed by atoms with van der Waals surface area (Å²) in [6, 6.07) is 13.6. The highest BCUT2D eigenvalue weighted by atomic mass is 16.5. The highest BCUT2D eigenvalue weighted by Gasteiger charge is 2.15. The molecule has 2 aromatic carbocycles. The minimum Gasteiger partial charge on any atom is -0.507 e. The molecule has 0 fully saturated rings. The zero-order valence-electron chi connectivity index (χ0n) is 13.4. The molecule has 1 N–H and O–H groups in total. The Kier molecular flexibility index (Phi) is 4.53. The van der Waals surface area contributed by atoms with Gasteiger partial charge in [0.2, 0.25) is 0 Å². The standard InChI is InChI=1S/C20H14O5/c1-2-24-19(22)16-11-15-10-14(9-8-13-6-4-3-5-7-13)17(21)12-18(15)25-20(16)23/h3-7,10-12,21H,2H2,1H3. The van der Waals surface area contributed by atoms with Gasteiger partial charge in [-0.1, -0.05) is 30.0 Å². The molecular weight excluding hydrogens is 320 g/mol. The molecule has 0 atom stereocenters. The lowest BCUT2D eigenvalue weighted by molar-refractivity contribution is 0.0522. The van der Waals surface area contributed by atoms with Crippen LogP contribution in [0.4, 0.5) is 0 Å². The van der Waals surface area contributed by atoms with Crippen LogP contribution < -0.4 is 5.63 Å². The summed E-state index contributed by atoms with van der Waals surface area (Å²) in [7, 11) is 0. The van der Waals surface area contributed by atoms with Gasteiger partial charge in [0, 0.05) is 17.0 Å². The van der Waals surface area contributed by atoms with Gasteiger partial charge in [-0.3, -0.25) is 0 Å². The zero-order chi connectivity index (χ0) is 17.8. The summed E-state index contributed by atoms with van der Waals surface area (Å²) < 4.78 is 9.93. The first-order chi connectivity index (χ1) is 12.1. The Morgan fingerprint density at radius 3 is 2.64 bits per heavy atom. The fourth-order valence-electron chi connectivity index (χ4n) is 2.27. The second kappa shape index (κ2) is 6.93. The summed E-state index contributed by atoms with van der Waals surface area (Å²) in [6.07, 6.45) is 0. The number of fused-ring (bicyclic) bond motifs is 1. The third kappa shape index (κ3) is 3.54. The molecule has 0 aliphatic rings. The van der Waals surface area contributed by atoms with Crippen molar-refractivity contribution < 1.29 is 19.1 Å². The third-order valence-corrected chi connectivity index (χ3v) is 3.46. The van der Waals surface area contributed by atoms with Gasteiger partial charge in [0.15, 0.2) is 0 Å². The van der Waals surface area contributed by atoms with E-state index in [0.717, 1.165) is 5.56 Å². The van der Waals surface area contributed by atoms with Crippen molar-refractivity contribution in [1.29, 1.82) is 0 Å². The van der Waals surface area contributed by atoms with E-state index in [4.69, 9.17) is 9.15 Å². The molecule has 25 heavy (non-hydrogen) atoms. The fourth-order valence-corrected chi connectivity index (χ4v) is 2.27. The Hall–Kier alpha value is -3.52. The molecule has 124 valence electrons. The molecule has 0 spiro atoms. The van der Waals surface area contributed by atoms with Crippen LogP contribution in [-0.4, -0.2) is 17.7 Å². The van der Waals surface area contributed by atoms with Crippen LogP contribution in [0.3, 0.4) is 0 Å². The van der Waals surface area contributed by atoms with E-state index >= 15 is 0 Å². The number of benzene rings is 2. The summed E-state index contributed by atoms with van der Waals surface area (Å²) in [5, 5.41) is 10.6. The lowest BCUT2D eigenvalue weighted by Crippen LogP contribution is -2.16. The highest BCUT2D eigenvalue weighted by molar-refractivity contribution is 5.93. The number of phenols is 1. The number of carbonyl (C=O) groups excluding carboxylic acids is 1. The van der Waals surface area contributed by atoms with Gasteiger partial charge in [0.1, 0.15) is 16.9 Å². The Morgan fingerprint density at radius 2 is 1.92 bits per heavy atom. The number of esters is 1. The summed E-state index contributed by atoms with van der Waals surface area (Å²) in [4.78, 5) is 23.7. The average Bonchev–Trinajstić information content (AvgIpc) is 2.60. The lowest BCUT2D eigenvalue weighted by Gasteiger charge is -2.04. The fraction of sp³-hybridized carbons (Fsp3) is 0.100. The summed E-state index contributed by atoms with van der Waals surface area (Å²) >= 11 is 0. The van der Waals surface area contributed by atoms with Gasteiger partial charge >= 0.3 is 11.6 Å². The molecule has 0 saturated carbocycles. The van der Waals surface area contributed by atoms with Crippen LogP contribution in [0.2, 0.25) is 0 Å². The molecule has 3 rings (SSSR count). The Morgan fingerprint density at radius 1 is 1.16 bits per heavy atom. The quantitative estimate of drug-likeness (QED) is 0.443. The van der Waals surface area contributed by atoms with Crippen molar-refractivity contribution in [3.05, 3.63) is 75.6 Å². The van der Waals surface area contributed by atoms with Crippen molar-refractivity contribution in [2.24, 2.45) is 0 Å². The van der Waals surface area contributed by atoms with Crippen LogP contribution in [0.5, 0.6) is 5.75 Å². The maximum atomic E-state index is 11.9. The van der Waals surface area contributed by atoms with Crippen LogP contribution in [0.1, 0.15) is 28.4 Å². The molecule has 3 aromatic rings. The van der Waals surface area contributed by atoms with Gasteiger partial charge in [-0.05, 0) is 31.2 Å². The number of hydrogen-bond donors (Lipinski definition) is 1. The molecule has 0 amide bonds. The average molecular weight is 334 g/mol. The van der Waals surface area contributed by atoms with E-state index in [-0.39, 0.29) is 23.5 Å². The van der Waals surface area contributed by atoms with E-state index in [2.05, 4.69) is 11.8 Å². The van der Waals surface area contributed by atoms with Gasteiger partial charge in [-0.25, -0.2) is 9.59 Å². The summed E-state index contributed by atoms with van der Waals surface area (Å²) in [5.41, 5.74) is 0.324. The second-order valence-corrected chi connectivity index (χ2v) is 5.19. The number of hydrogen-bond acceptors (Lipinski definition) is 5. The topological polar surface area (TPSA) is 76.7 Å². The van der Waals surface area contributed by atoms with Gasteiger partial charge in [0.25, 0.3) is 0 Å². The molecule has 1 aromatic heterocycles. The van der Waals surface area contributed by atoms with E-state index in [1.807, 2.05) is 30.3 Å². The molecule has 0 aliphatic carbocycles. The zero-order valence-corrected chi connectivity index (χ0v) is 13.4. The van der Waals surface area contributed by atoms with Crippen LogP contribution in [0, 0.1) is 11.8 Å². The maximum Gasteiger partial charge on any atom is 0.351 e. The molecule has 0 bridgehead atoms. The normalized spacial score (nSPS) is 10.1.